The molecule has 0 spiro atoms. The van der Waals surface area contributed by atoms with E-state index in [2.05, 4.69) is 22.6 Å². The molecular formula is C19H16N2O2. The molecule has 2 aromatic carbocycles. The molecule has 3 aromatic rings. The molecule has 3 rings (SSSR count). The van der Waals surface area contributed by atoms with E-state index in [1.165, 1.54) is 17.3 Å². The summed E-state index contributed by atoms with van der Waals surface area (Å²) in [5.74, 6) is 0.255. The van der Waals surface area contributed by atoms with Crippen molar-refractivity contribution < 1.29 is 9.63 Å². The van der Waals surface area contributed by atoms with Crippen LogP contribution in [0.2, 0.25) is 0 Å². The largest absolute Gasteiger partial charge is 0.379 e. The van der Waals surface area contributed by atoms with E-state index in [0.29, 0.717) is 11.3 Å². The molecule has 0 saturated carbocycles. The Kier molecular flexibility index (Phi) is 4.64. The van der Waals surface area contributed by atoms with Crippen molar-refractivity contribution in [2.75, 3.05) is 0 Å². The van der Waals surface area contributed by atoms with Crippen molar-refractivity contribution >= 4 is 5.91 Å². The maximum Gasteiger partial charge on any atom is 0.285 e. The van der Waals surface area contributed by atoms with Crippen molar-refractivity contribution in [1.29, 1.82) is 0 Å². The first-order valence-electron chi connectivity index (χ1n) is 7.31. The molecular weight excluding hydrogens is 288 g/mol. The molecule has 1 N–H and O–H groups in total. The number of rotatable bonds is 5. The van der Waals surface area contributed by atoms with E-state index in [4.69, 9.17) is 4.84 Å². The van der Waals surface area contributed by atoms with Crippen LogP contribution in [0, 0.1) is 0 Å². The molecule has 4 heteroatoms. The number of carbonyl (C=O) groups is 1. The normalized spacial score (nSPS) is 10.1. The lowest BCUT2D eigenvalue weighted by Gasteiger charge is -2.08. The van der Waals surface area contributed by atoms with Gasteiger partial charge in [-0.3, -0.25) is 9.78 Å². The van der Waals surface area contributed by atoms with Crippen molar-refractivity contribution in [2.24, 2.45) is 0 Å². The van der Waals surface area contributed by atoms with Crippen LogP contribution >= 0.6 is 0 Å². The highest BCUT2D eigenvalue weighted by Crippen LogP contribution is 2.14. The quantitative estimate of drug-likeness (QED) is 0.735. The first-order valence-corrected chi connectivity index (χ1v) is 7.31. The molecule has 114 valence electrons. The first-order chi connectivity index (χ1) is 11.3. The lowest BCUT2D eigenvalue weighted by molar-refractivity contribution is 0.0759. The van der Waals surface area contributed by atoms with Gasteiger partial charge in [0.1, 0.15) is 0 Å². The third kappa shape index (κ3) is 4.17. The number of amides is 1. The van der Waals surface area contributed by atoms with E-state index in [1.54, 1.807) is 18.3 Å². The van der Waals surface area contributed by atoms with Crippen molar-refractivity contribution in [1.82, 2.24) is 10.5 Å². The summed E-state index contributed by atoms with van der Waals surface area (Å²) in [7, 11) is 0. The minimum Gasteiger partial charge on any atom is -0.379 e. The Hall–Kier alpha value is -3.14. The van der Waals surface area contributed by atoms with Crippen molar-refractivity contribution in [3.8, 4) is 5.75 Å². The average Bonchev–Trinajstić information content (AvgIpc) is 2.62. The van der Waals surface area contributed by atoms with Gasteiger partial charge in [0.25, 0.3) is 5.91 Å². The van der Waals surface area contributed by atoms with Crippen molar-refractivity contribution in [2.45, 2.75) is 6.42 Å². The summed E-state index contributed by atoms with van der Waals surface area (Å²) in [6.07, 6.45) is 3.97. The lowest BCUT2D eigenvalue weighted by Crippen LogP contribution is -2.26. The number of pyridine rings is 1. The molecule has 1 amide bonds. The summed E-state index contributed by atoms with van der Waals surface area (Å²) in [4.78, 5) is 21.0. The summed E-state index contributed by atoms with van der Waals surface area (Å²) >= 11 is 0. The zero-order valence-electron chi connectivity index (χ0n) is 12.5. The highest BCUT2D eigenvalue weighted by Gasteiger charge is 2.05. The maximum absolute atomic E-state index is 11.9. The fourth-order valence-electron chi connectivity index (χ4n) is 2.17. The number of nitrogens with zero attached hydrogens (tertiary/aromatic N) is 1. The molecule has 0 saturated heterocycles. The number of hydrogen-bond acceptors (Lipinski definition) is 3. The summed E-state index contributed by atoms with van der Waals surface area (Å²) in [6, 6.07) is 21.3. The van der Waals surface area contributed by atoms with Crippen LogP contribution in [0.15, 0.2) is 79.1 Å². The summed E-state index contributed by atoms with van der Waals surface area (Å²) in [6.45, 7) is 0. The summed E-state index contributed by atoms with van der Waals surface area (Å²) < 4.78 is 0. The molecule has 0 aliphatic rings. The number of carbonyl (C=O) groups excluding carboxylic acids is 1. The first kappa shape index (κ1) is 14.8. The number of hydroxylamine groups is 1. The average molecular weight is 304 g/mol. The van der Waals surface area contributed by atoms with E-state index < -0.39 is 0 Å². The van der Waals surface area contributed by atoms with Crippen molar-refractivity contribution in [3.05, 3.63) is 95.8 Å². The minimum absolute atomic E-state index is 0.327. The lowest BCUT2D eigenvalue weighted by atomic mass is 10.1. The van der Waals surface area contributed by atoms with Gasteiger partial charge in [0.2, 0.25) is 0 Å². The number of hydrogen-bond donors (Lipinski definition) is 1. The fraction of sp³-hybridized carbons (Fsp3) is 0.0526. The monoisotopic (exact) mass is 304 g/mol. The zero-order chi connectivity index (χ0) is 15.9. The molecule has 0 atom stereocenters. The van der Waals surface area contributed by atoms with Gasteiger partial charge in [0.05, 0.1) is 5.56 Å². The van der Waals surface area contributed by atoms with Gasteiger partial charge in [0, 0.05) is 12.4 Å². The molecule has 0 radical (unpaired) electrons. The maximum atomic E-state index is 11.9. The molecule has 0 aliphatic carbocycles. The van der Waals surface area contributed by atoms with Gasteiger partial charge < -0.3 is 4.84 Å². The molecule has 4 nitrogen and oxygen atoms in total. The standard InChI is InChI=1S/C19H16N2O2/c22-19(17-7-4-12-20-14-17)21-23-18-10-8-16(9-11-18)13-15-5-2-1-3-6-15/h1-12,14H,13H2,(H,21,22). The molecule has 1 heterocycles. The van der Waals surface area contributed by atoms with E-state index in [-0.39, 0.29) is 5.91 Å². The third-order valence-electron chi connectivity index (χ3n) is 3.36. The van der Waals surface area contributed by atoms with Crippen LogP contribution < -0.4 is 10.3 Å². The zero-order valence-corrected chi connectivity index (χ0v) is 12.5. The molecule has 0 fully saturated rings. The molecule has 0 unspecified atom stereocenters. The Balaban J connectivity index is 1.56. The molecule has 1 aromatic heterocycles. The van der Waals surface area contributed by atoms with Crippen LogP contribution in [0.25, 0.3) is 0 Å². The van der Waals surface area contributed by atoms with Crippen LogP contribution in [-0.4, -0.2) is 10.9 Å². The second-order valence-corrected chi connectivity index (χ2v) is 5.08. The Labute approximate surface area is 134 Å². The van der Waals surface area contributed by atoms with Crippen LogP contribution in [-0.2, 0) is 6.42 Å². The smallest absolute Gasteiger partial charge is 0.285 e. The highest BCUT2D eigenvalue weighted by atomic mass is 16.7. The Morgan fingerprint density at radius 1 is 0.913 bits per heavy atom. The Morgan fingerprint density at radius 3 is 2.35 bits per heavy atom. The van der Waals surface area contributed by atoms with E-state index in [0.717, 1.165) is 6.42 Å². The van der Waals surface area contributed by atoms with Crippen LogP contribution in [0.1, 0.15) is 21.5 Å². The number of nitrogens with one attached hydrogen (secondary N) is 1. The number of aromatic nitrogens is 1. The van der Waals surface area contributed by atoms with Gasteiger partial charge in [-0.05, 0) is 41.8 Å². The Bertz CT molecular complexity index is 756. The predicted octanol–water partition coefficient (Wildman–Crippen LogP) is 3.40. The number of benzene rings is 2. The third-order valence-corrected chi connectivity index (χ3v) is 3.36. The van der Waals surface area contributed by atoms with Gasteiger partial charge in [-0.1, -0.05) is 42.5 Å². The highest BCUT2D eigenvalue weighted by molar-refractivity contribution is 5.93. The fourth-order valence-corrected chi connectivity index (χ4v) is 2.17. The van der Waals surface area contributed by atoms with Gasteiger partial charge in [-0.25, -0.2) is 0 Å². The van der Waals surface area contributed by atoms with Gasteiger partial charge in [-0.2, -0.15) is 5.48 Å². The molecule has 0 bridgehead atoms. The molecule has 23 heavy (non-hydrogen) atoms. The van der Waals surface area contributed by atoms with Crippen LogP contribution in [0.4, 0.5) is 0 Å². The Morgan fingerprint density at radius 2 is 1.65 bits per heavy atom. The van der Waals surface area contributed by atoms with E-state index in [1.807, 2.05) is 42.5 Å². The molecule has 0 aliphatic heterocycles. The second kappa shape index (κ2) is 7.22. The van der Waals surface area contributed by atoms with Crippen LogP contribution in [0.3, 0.4) is 0 Å². The summed E-state index contributed by atoms with van der Waals surface area (Å²) in [5.41, 5.74) is 5.30. The van der Waals surface area contributed by atoms with Gasteiger partial charge >= 0.3 is 0 Å². The topological polar surface area (TPSA) is 51.2 Å². The minimum atomic E-state index is -0.327. The predicted molar refractivity (Wildman–Crippen MR) is 88.0 cm³/mol. The summed E-state index contributed by atoms with van der Waals surface area (Å²) in [5, 5.41) is 0. The van der Waals surface area contributed by atoms with Gasteiger partial charge in [-0.15, -0.1) is 0 Å². The van der Waals surface area contributed by atoms with Crippen LogP contribution in [0.5, 0.6) is 5.75 Å². The second-order valence-electron chi connectivity index (χ2n) is 5.08. The van der Waals surface area contributed by atoms with Gasteiger partial charge in [0.15, 0.2) is 5.75 Å². The van der Waals surface area contributed by atoms with Crippen molar-refractivity contribution in [3.63, 3.8) is 0 Å². The van der Waals surface area contributed by atoms with E-state index in [9.17, 15) is 4.79 Å². The SMILES string of the molecule is O=C(NOc1ccc(Cc2ccccc2)cc1)c1cccnc1. The van der Waals surface area contributed by atoms with E-state index >= 15 is 0 Å².